The van der Waals surface area contributed by atoms with Crippen LogP contribution in [-0.4, -0.2) is 26.9 Å². The van der Waals surface area contributed by atoms with Crippen molar-refractivity contribution in [2.24, 2.45) is 5.92 Å². The molecule has 176 valence electrons. The first-order chi connectivity index (χ1) is 15.8. The van der Waals surface area contributed by atoms with Gasteiger partial charge in [-0.15, -0.1) is 0 Å². The molecule has 0 N–H and O–H groups in total. The molecule has 3 aromatic carbocycles. The van der Waals surface area contributed by atoms with Crippen molar-refractivity contribution < 1.29 is 36.2 Å². The lowest BCUT2D eigenvalue weighted by atomic mass is 9.98. The summed E-state index contributed by atoms with van der Waals surface area (Å²) in [4.78, 5) is 0. The Hall–Kier alpha value is -2.55. The van der Waals surface area contributed by atoms with Gasteiger partial charge in [-0.1, -0.05) is 30.3 Å². The number of alkyl halides is 3. The molecule has 1 saturated heterocycles. The largest absolute Gasteiger partial charge is 0.419 e. The quantitative estimate of drug-likeness (QED) is 0.403. The van der Waals surface area contributed by atoms with Crippen molar-refractivity contribution in [2.45, 2.75) is 25.3 Å². The van der Waals surface area contributed by atoms with Gasteiger partial charge >= 0.3 is 6.18 Å². The highest BCUT2D eigenvalue weighted by atomic mass is 19.4. The number of ether oxygens (including phenoxy) is 3. The molecule has 3 nitrogen and oxygen atoms in total. The Kier molecular flexibility index (Phi) is 6.97. The molecule has 0 amide bonds. The van der Waals surface area contributed by atoms with Crippen LogP contribution in [0.15, 0.2) is 48.5 Å². The van der Waals surface area contributed by atoms with E-state index in [0.29, 0.717) is 41.7 Å². The maximum Gasteiger partial charge on any atom is 0.419 e. The van der Waals surface area contributed by atoms with Gasteiger partial charge in [0.05, 0.1) is 25.4 Å². The zero-order valence-corrected chi connectivity index (χ0v) is 17.9. The van der Waals surface area contributed by atoms with Gasteiger partial charge in [0.1, 0.15) is 11.6 Å². The number of methoxy groups -OCH3 is 1. The summed E-state index contributed by atoms with van der Waals surface area (Å²) in [5.74, 6) is -1.56. The molecule has 0 saturated carbocycles. The molecule has 0 unspecified atom stereocenters. The van der Waals surface area contributed by atoms with Gasteiger partial charge in [0.15, 0.2) is 6.29 Å². The Morgan fingerprint density at radius 3 is 2.36 bits per heavy atom. The standard InChI is InChI=1S/C25H23F5O3/c1-31-12-16-13-32-24(33-14-16)19-7-8-20-18(11-19)6-5-17(23(20)27)4-2-15-3-9-21(22(26)10-15)25(28,29)30/h3,5-11,16,24H,2,4,12-14H2,1H3. The fourth-order valence-corrected chi connectivity index (χ4v) is 3.99. The molecule has 0 aromatic heterocycles. The Labute approximate surface area is 188 Å². The van der Waals surface area contributed by atoms with Crippen LogP contribution in [0.4, 0.5) is 22.0 Å². The number of hydrogen-bond acceptors (Lipinski definition) is 3. The SMILES string of the molecule is COCC1COC(c2ccc3c(F)c(CCc4ccc(C(F)(F)F)c(F)c4)ccc3c2)OC1. The zero-order chi connectivity index (χ0) is 23.6. The Morgan fingerprint density at radius 2 is 1.70 bits per heavy atom. The molecule has 1 heterocycles. The second kappa shape index (κ2) is 9.75. The Morgan fingerprint density at radius 1 is 0.939 bits per heavy atom. The van der Waals surface area contributed by atoms with Gasteiger partial charge in [-0.3, -0.25) is 0 Å². The second-order valence-electron chi connectivity index (χ2n) is 8.15. The summed E-state index contributed by atoms with van der Waals surface area (Å²) >= 11 is 0. The number of benzene rings is 3. The maximum absolute atomic E-state index is 15.1. The normalized spacial score (nSPS) is 19.2. The van der Waals surface area contributed by atoms with Crippen LogP contribution in [-0.2, 0) is 33.2 Å². The third-order valence-corrected chi connectivity index (χ3v) is 5.72. The monoisotopic (exact) mass is 466 g/mol. The van der Waals surface area contributed by atoms with Crippen molar-refractivity contribution in [2.75, 3.05) is 26.9 Å². The van der Waals surface area contributed by atoms with Crippen LogP contribution < -0.4 is 0 Å². The summed E-state index contributed by atoms with van der Waals surface area (Å²) in [5, 5.41) is 1.10. The van der Waals surface area contributed by atoms with Gasteiger partial charge in [0.25, 0.3) is 0 Å². The molecule has 0 radical (unpaired) electrons. The fourth-order valence-electron chi connectivity index (χ4n) is 3.99. The summed E-state index contributed by atoms with van der Waals surface area (Å²) in [6, 6.07) is 11.4. The number of halogens is 5. The van der Waals surface area contributed by atoms with E-state index >= 15 is 4.39 Å². The van der Waals surface area contributed by atoms with Crippen LogP contribution in [0.25, 0.3) is 10.8 Å². The highest BCUT2D eigenvalue weighted by Crippen LogP contribution is 2.32. The lowest BCUT2D eigenvalue weighted by Crippen LogP contribution is -2.29. The molecule has 1 aliphatic heterocycles. The summed E-state index contributed by atoms with van der Waals surface area (Å²) in [7, 11) is 1.63. The molecular formula is C25H23F5O3. The molecular weight excluding hydrogens is 443 g/mol. The van der Waals surface area contributed by atoms with Gasteiger partial charge in [0.2, 0.25) is 0 Å². The molecule has 8 heteroatoms. The average molecular weight is 466 g/mol. The highest BCUT2D eigenvalue weighted by Gasteiger charge is 2.33. The zero-order valence-electron chi connectivity index (χ0n) is 17.9. The van der Waals surface area contributed by atoms with Crippen LogP contribution >= 0.6 is 0 Å². The van der Waals surface area contributed by atoms with E-state index in [-0.39, 0.29) is 18.8 Å². The maximum atomic E-state index is 15.1. The minimum absolute atomic E-state index is 0.171. The number of hydrogen-bond donors (Lipinski definition) is 0. The van der Waals surface area contributed by atoms with E-state index in [1.165, 1.54) is 6.07 Å². The van der Waals surface area contributed by atoms with Crippen molar-refractivity contribution >= 4 is 10.8 Å². The Balaban J connectivity index is 1.46. The smallest absolute Gasteiger partial charge is 0.384 e. The topological polar surface area (TPSA) is 27.7 Å². The van der Waals surface area contributed by atoms with Gasteiger partial charge in [-0.05, 0) is 47.6 Å². The van der Waals surface area contributed by atoms with Crippen LogP contribution in [0.3, 0.4) is 0 Å². The predicted molar refractivity (Wildman–Crippen MR) is 113 cm³/mol. The molecule has 0 aliphatic carbocycles. The third-order valence-electron chi connectivity index (χ3n) is 5.72. The van der Waals surface area contributed by atoms with E-state index in [9.17, 15) is 17.6 Å². The average Bonchev–Trinajstić information content (AvgIpc) is 2.78. The third kappa shape index (κ3) is 5.34. The van der Waals surface area contributed by atoms with E-state index < -0.39 is 29.7 Å². The first-order valence-corrected chi connectivity index (χ1v) is 10.5. The van der Waals surface area contributed by atoms with Crippen molar-refractivity contribution in [1.82, 2.24) is 0 Å². The number of fused-ring (bicyclic) bond motifs is 1. The van der Waals surface area contributed by atoms with E-state index in [0.717, 1.165) is 17.7 Å². The molecule has 3 aromatic rings. The fraction of sp³-hybridized carbons (Fsp3) is 0.360. The van der Waals surface area contributed by atoms with Crippen LogP contribution in [0.1, 0.15) is 28.5 Å². The molecule has 33 heavy (non-hydrogen) atoms. The second-order valence-corrected chi connectivity index (χ2v) is 8.15. The van der Waals surface area contributed by atoms with Gasteiger partial charge in [0, 0.05) is 24.0 Å². The molecule has 4 rings (SSSR count). The predicted octanol–water partition coefficient (Wildman–Crippen LogP) is 6.23. The lowest BCUT2D eigenvalue weighted by molar-refractivity contribution is -0.210. The summed E-state index contributed by atoms with van der Waals surface area (Å²) < 4.78 is 83.7. The van der Waals surface area contributed by atoms with Gasteiger partial charge < -0.3 is 14.2 Å². The molecule has 0 bridgehead atoms. The van der Waals surface area contributed by atoms with Crippen LogP contribution in [0.2, 0.25) is 0 Å². The van der Waals surface area contributed by atoms with Crippen molar-refractivity contribution in [1.29, 1.82) is 0 Å². The lowest BCUT2D eigenvalue weighted by Gasteiger charge is -2.29. The molecule has 0 atom stereocenters. The summed E-state index contributed by atoms with van der Waals surface area (Å²) in [6.45, 7) is 1.57. The van der Waals surface area contributed by atoms with Gasteiger partial charge in [-0.25, -0.2) is 8.78 Å². The summed E-state index contributed by atoms with van der Waals surface area (Å²) in [6.07, 6.45) is -4.84. The van der Waals surface area contributed by atoms with Gasteiger partial charge in [-0.2, -0.15) is 13.2 Å². The van der Waals surface area contributed by atoms with E-state index in [1.54, 1.807) is 31.4 Å². The first kappa shape index (κ1) is 23.6. The van der Waals surface area contributed by atoms with Crippen molar-refractivity contribution in [3.05, 3.63) is 82.4 Å². The molecule has 1 fully saturated rings. The highest BCUT2D eigenvalue weighted by molar-refractivity contribution is 5.84. The van der Waals surface area contributed by atoms with E-state index in [1.807, 2.05) is 6.07 Å². The molecule has 1 aliphatic rings. The van der Waals surface area contributed by atoms with Crippen molar-refractivity contribution in [3.63, 3.8) is 0 Å². The minimum Gasteiger partial charge on any atom is -0.384 e. The van der Waals surface area contributed by atoms with Crippen molar-refractivity contribution in [3.8, 4) is 0 Å². The number of rotatable bonds is 6. The summed E-state index contributed by atoms with van der Waals surface area (Å²) in [5.41, 5.74) is 0.252. The Bertz CT molecular complexity index is 1120. The molecule has 0 spiro atoms. The number of aryl methyl sites for hydroxylation is 2. The minimum atomic E-state index is -4.74. The van der Waals surface area contributed by atoms with E-state index in [4.69, 9.17) is 14.2 Å². The van der Waals surface area contributed by atoms with Crippen LogP contribution in [0.5, 0.6) is 0 Å². The first-order valence-electron chi connectivity index (χ1n) is 10.5. The van der Waals surface area contributed by atoms with E-state index in [2.05, 4.69) is 0 Å². The van der Waals surface area contributed by atoms with Crippen LogP contribution in [0, 0.1) is 17.6 Å².